The molecule has 0 saturated heterocycles. The van der Waals surface area contributed by atoms with Gasteiger partial charge in [-0.05, 0) is 6.42 Å². The van der Waals surface area contributed by atoms with Crippen LogP contribution < -0.4 is 5.32 Å². The van der Waals surface area contributed by atoms with Crippen LogP contribution >= 0.6 is 11.8 Å². The quantitative estimate of drug-likeness (QED) is 0.611. The van der Waals surface area contributed by atoms with Gasteiger partial charge in [-0.1, -0.05) is 18.7 Å². The lowest BCUT2D eigenvalue weighted by molar-refractivity contribution is -0.118. The summed E-state index contributed by atoms with van der Waals surface area (Å²) in [6, 6.07) is 0. The van der Waals surface area contributed by atoms with Crippen molar-refractivity contribution in [3.8, 4) is 0 Å². The summed E-state index contributed by atoms with van der Waals surface area (Å²) in [7, 11) is 0. The van der Waals surface area contributed by atoms with Gasteiger partial charge in [-0.3, -0.25) is 4.79 Å². The Hall–Kier alpha value is -1.63. The third-order valence-corrected chi connectivity index (χ3v) is 3.09. The van der Waals surface area contributed by atoms with Crippen LogP contribution in [0.15, 0.2) is 17.7 Å². The van der Waals surface area contributed by atoms with Gasteiger partial charge >= 0.3 is 0 Å². The van der Waals surface area contributed by atoms with Gasteiger partial charge in [0.1, 0.15) is 16.9 Å². The lowest BCUT2D eigenvalue weighted by Crippen LogP contribution is -2.25. The highest BCUT2D eigenvalue weighted by molar-refractivity contribution is 8.00. The van der Waals surface area contributed by atoms with Crippen LogP contribution in [0.25, 0.3) is 11.2 Å². The molecule has 7 heteroatoms. The molecule has 2 heterocycles. The zero-order valence-electron chi connectivity index (χ0n) is 9.43. The molecule has 0 radical (unpaired) electrons. The monoisotopic (exact) mass is 251 g/mol. The minimum atomic E-state index is 0.0168. The van der Waals surface area contributed by atoms with E-state index in [0.29, 0.717) is 17.9 Å². The van der Waals surface area contributed by atoms with E-state index in [1.54, 1.807) is 6.33 Å². The van der Waals surface area contributed by atoms with E-state index >= 15 is 0 Å². The van der Waals surface area contributed by atoms with Crippen LogP contribution in [0.3, 0.4) is 0 Å². The smallest absolute Gasteiger partial charge is 0.230 e. The number of carbonyl (C=O) groups excluding carboxylic acids is 1. The van der Waals surface area contributed by atoms with Gasteiger partial charge in [-0.15, -0.1) is 0 Å². The lowest BCUT2D eigenvalue weighted by Gasteiger charge is -2.03. The van der Waals surface area contributed by atoms with Crippen LogP contribution in [0, 0.1) is 0 Å². The molecule has 0 aliphatic rings. The molecule has 0 unspecified atom stereocenters. The van der Waals surface area contributed by atoms with Crippen molar-refractivity contribution in [1.82, 2.24) is 25.3 Å². The number of aromatic nitrogens is 4. The van der Waals surface area contributed by atoms with E-state index in [1.807, 2.05) is 6.92 Å². The van der Waals surface area contributed by atoms with E-state index in [4.69, 9.17) is 0 Å². The van der Waals surface area contributed by atoms with E-state index in [-0.39, 0.29) is 5.91 Å². The Balaban J connectivity index is 1.99. The standard InChI is InChI=1S/C10H13N5OS/c1-2-3-11-7(16)4-17-10-8-9(13-5-12-8)14-6-15-10/h5-6H,2-4H2,1H3,(H,11,16)(H,12,13,14,15). The summed E-state index contributed by atoms with van der Waals surface area (Å²) in [5.41, 5.74) is 1.40. The molecule has 0 bridgehead atoms. The number of carbonyl (C=O) groups is 1. The molecule has 90 valence electrons. The van der Waals surface area contributed by atoms with E-state index < -0.39 is 0 Å². The number of fused-ring (bicyclic) bond motifs is 1. The lowest BCUT2D eigenvalue weighted by atomic mass is 10.5. The molecule has 0 spiro atoms. The molecule has 2 N–H and O–H groups in total. The Morgan fingerprint density at radius 3 is 3.18 bits per heavy atom. The number of thioether (sulfide) groups is 1. The molecule has 1 amide bonds. The molecule has 2 aromatic heterocycles. The minimum Gasteiger partial charge on any atom is -0.355 e. The van der Waals surface area contributed by atoms with Crippen molar-refractivity contribution in [3.05, 3.63) is 12.7 Å². The number of nitrogens with zero attached hydrogens (tertiary/aromatic N) is 3. The molecule has 0 saturated carbocycles. The SMILES string of the molecule is CCCNC(=O)CSc1ncnc2nc[nH]c12. The normalized spacial score (nSPS) is 10.6. The number of nitrogens with one attached hydrogen (secondary N) is 2. The number of rotatable bonds is 5. The zero-order valence-corrected chi connectivity index (χ0v) is 10.3. The summed E-state index contributed by atoms with van der Waals surface area (Å²) < 4.78 is 0. The topological polar surface area (TPSA) is 83.6 Å². The highest BCUT2D eigenvalue weighted by atomic mass is 32.2. The maximum atomic E-state index is 11.4. The summed E-state index contributed by atoms with van der Waals surface area (Å²) in [5, 5.41) is 3.56. The molecular weight excluding hydrogens is 238 g/mol. The fraction of sp³-hybridized carbons (Fsp3) is 0.400. The van der Waals surface area contributed by atoms with E-state index in [1.165, 1.54) is 18.1 Å². The van der Waals surface area contributed by atoms with Crippen LogP contribution in [0.2, 0.25) is 0 Å². The van der Waals surface area contributed by atoms with Crippen LogP contribution in [0.1, 0.15) is 13.3 Å². The molecule has 0 aromatic carbocycles. The zero-order chi connectivity index (χ0) is 12.1. The van der Waals surface area contributed by atoms with Gasteiger partial charge in [-0.25, -0.2) is 15.0 Å². The molecule has 17 heavy (non-hydrogen) atoms. The van der Waals surface area contributed by atoms with Crippen LogP contribution in [-0.2, 0) is 4.79 Å². The van der Waals surface area contributed by atoms with Crippen molar-refractivity contribution < 1.29 is 4.79 Å². The average Bonchev–Trinajstić information content (AvgIpc) is 2.82. The number of imidazole rings is 1. The van der Waals surface area contributed by atoms with E-state index in [2.05, 4.69) is 25.3 Å². The third-order valence-electron chi connectivity index (χ3n) is 2.10. The second kappa shape index (κ2) is 5.62. The van der Waals surface area contributed by atoms with Crippen molar-refractivity contribution >= 4 is 28.8 Å². The first-order chi connectivity index (χ1) is 8.31. The van der Waals surface area contributed by atoms with Gasteiger partial charge in [0.25, 0.3) is 0 Å². The van der Waals surface area contributed by atoms with Gasteiger partial charge in [0, 0.05) is 6.54 Å². The number of hydrogen-bond acceptors (Lipinski definition) is 5. The van der Waals surface area contributed by atoms with Gasteiger partial charge in [0.2, 0.25) is 5.91 Å². The first-order valence-corrected chi connectivity index (χ1v) is 6.33. The predicted octanol–water partition coefficient (Wildman–Crippen LogP) is 0.971. The van der Waals surface area contributed by atoms with Gasteiger partial charge < -0.3 is 10.3 Å². The summed E-state index contributed by atoms with van der Waals surface area (Å²) >= 11 is 1.38. The van der Waals surface area contributed by atoms with Crippen LogP contribution in [0.4, 0.5) is 0 Å². The van der Waals surface area contributed by atoms with Gasteiger partial charge in [-0.2, -0.15) is 0 Å². The molecular formula is C10H13N5OS. The number of aromatic amines is 1. The molecule has 6 nitrogen and oxygen atoms in total. The molecule has 2 rings (SSSR count). The Bertz CT molecular complexity index is 512. The second-order valence-electron chi connectivity index (χ2n) is 3.42. The first-order valence-electron chi connectivity index (χ1n) is 5.35. The van der Waals surface area contributed by atoms with Crippen LogP contribution in [0.5, 0.6) is 0 Å². The minimum absolute atomic E-state index is 0.0168. The molecule has 2 aromatic rings. The van der Waals surface area contributed by atoms with Crippen LogP contribution in [-0.4, -0.2) is 38.1 Å². The van der Waals surface area contributed by atoms with E-state index in [0.717, 1.165) is 17.0 Å². The van der Waals surface area contributed by atoms with Crippen molar-refractivity contribution in [2.75, 3.05) is 12.3 Å². The Morgan fingerprint density at radius 2 is 2.35 bits per heavy atom. The predicted molar refractivity (Wildman–Crippen MR) is 65.7 cm³/mol. The van der Waals surface area contributed by atoms with Crippen molar-refractivity contribution in [3.63, 3.8) is 0 Å². The summed E-state index contributed by atoms with van der Waals surface area (Å²) in [6.45, 7) is 2.73. The highest BCUT2D eigenvalue weighted by Gasteiger charge is 2.08. The number of H-pyrrole nitrogens is 1. The fourth-order valence-corrected chi connectivity index (χ4v) is 2.09. The number of hydrogen-bond donors (Lipinski definition) is 2. The van der Waals surface area contributed by atoms with Crippen molar-refractivity contribution in [2.45, 2.75) is 18.4 Å². The van der Waals surface area contributed by atoms with Crippen molar-refractivity contribution in [2.24, 2.45) is 0 Å². The Kier molecular flexibility index (Phi) is 3.92. The van der Waals surface area contributed by atoms with E-state index in [9.17, 15) is 4.79 Å². The Morgan fingerprint density at radius 1 is 1.47 bits per heavy atom. The third kappa shape index (κ3) is 2.94. The fourth-order valence-electron chi connectivity index (χ4n) is 1.30. The maximum Gasteiger partial charge on any atom is 0.230 e. The maximum absolute atomic E-state index is 11.4. The summed E-state index contributed by atoms with van der Waals surface area (Å²) in [5.74, 6) is 0.369. The van der Waals surface area contributed by atoms with Crippen molar-refractivity contribution in [1.29, 1.82) is 0 Å². The molecule has 0 fully saturated rings. The summed E-state index contributed by atoms with van der Waals surface area (Å²) in [6.07, 6.45) is 3.96. The highest BCUT2D eigenvalue weighted by Crippen LogP contribution is 2.21. The summed E-state index contributed by atoms with van der Waals surface area (Å²) in [4.78, 5) is 26.6. The van der Waals surface area contributed by atoms with Gasteiger partial charge in [0.15, 0.2) is 5.65 Å². The largest absolute Gasteiger partial charge is 0.355 e. The average molecular weight is 251 g/mol. The molecule has 0 aliphatic heterocycles. The van der Waals surface area contributed by atoms with Gasteiger partial charge in [0.05, 0.1) is 12.1 Å². The number of amides is 1. The molecule has 0 atom stereocenters. The second-order valence-corrected chi connectivity index (χ2v) is 4.38. The first kappa shape index (κ1) is 11.8. The Labute approximate surface area is 103 Å². The molecule has 0 aliphatic carbocycles.